The van der Waals surface area contributed by atoms with E-state index in [-0.39, 0.29) is 38.9 Å². The molecule has 0 aliphatic carbocycles. The highest BCUT2D eigenvalue weighted by molar-refractivity contribution is 5.85. The maximum absolute atomic E-state index is 0. The van der Waals surface area contributed by atoms with Gasteiger partial charge in [0.05, 0.1) is 0 Å². The molecule has 0 fully saturated rings. The van der Waals surface area contributed by atoms with Gasteiger partial charge >= 0.3 is 0 Å². The van der Waals surface area contributed by atoms with Crippen LogP contribution in [0.4, 0.5) is 14.1 Å². The average Bonchev–Trinajstić information content (AvgIpc) is 0. The Balaban J connectivity index is 0. The van der Waals surface area contributed by atoms with Crippen LogP contribution in [0, 0.1) is 0 Å². The molecule has 0 aromatic carbocycles. The SMILES string of the molecule is Cl.Cl.F.F.F. The molecule has 0 aliphatic heterocycles. The molecule has 0 atom stereocenters. The summed E-state index contributed by atoms with van der Waals surface area (Å²) in [5, 5.41) is 0. The van der Waals surface area contributed by atoms with E-state index < -0.39 is 0 Å². The smallest absolute Gasteiger partial charge is 0.147 e. The minimum Gasteiger partial charge on any atom is -0.269 e. The third kappa shape index (κ3) is 179. The highest BCUT2D eigenvalue weighted by Gasteiger charge is -0.146. The predicted octanol–water partition coefficient (Wildman–Crippen LogP) is 1.30. The van der Waals surface area contributed by atoms with Gasteiger partial charge < -0.3 is 0 Å². The molecule has 0 unspecified atom stereocenters. The summed E-state index contributed by atoms with van der Waals surface area (Å²) in [6.07, 6.45) is 0. The monoisotopic (exact) mass is 132 g/mol. The lowest BCUT2D eigenvalue weighted by Crippen LogP contribution is 0.419. The highest BCUT2D eigenvalue weighted by atomic mass is 35.5. The van der Waals surface area contributed by atoms with Crippen molar-refractivity contribution in [3.05, 3.63) is 0 Å². The van der Waals surface area contributed by atoms with Crippen LogP contribution >= 0.6 is 24.8 Å². The lowest BCUT2D eigenvalue weighted by atomic mass is 19.0. The standard InChI is InChI=1S/2ClH.3FH/h5*1H. The first kappa shape index (κ1) is 749. The van der Waals surface area contributed by atoms with E-state index in [4.69, 9.17) is 0 Å². The molecule has 0 radical (unpaired) electrons. The molecule has 0 bridgehead atoms. The minimum absolute atomic E-state index is 0. The Hall–Kier alpha value is 0.370. The lowest BCUT2D eigenvalue weighted by molar-refractivity contribution is 1.11. The highest BCUT2D eigenvalue weighted by Crippen LogP contribution is 0.691. The first-order chi connectivity index (χ1) is 0. The van der Waals surface area contributed by atoms with E-state index in [2.05, 4.69) is 0 Å². The van der Waals surface area contributed by atoms with Crippen molar-refractivity contribution < 1.29 is 14.1 Å². The zero-order chi connectivity index (χ0) is 0. The van der Waals surface area contributed by atoms with Crippen LogP contribution in [0.15, 0.2) is 0 Å². The Kier molecular flexibility index (Phi) is 54300. The maximum atomic E-state index is 0. The van der Waals surface area contributed by atoms with E-state index >= 15 is 0 Å². The van der Waals surface area contributed by atoms with E-state index in [1.807, 2.05) is 0 Å². The third-order valence-corrected chi connectivity index (χ3v) is 0. The fourth-order valence-electron chi connectivity index (χ4n) is 0. The van der Waals surface area contributed by atoms with Gasteiger partial charge in [0.25, 0.3) is 0 Å². The zero-order valence-electron chi connectivity index (χ0n) is 2.04. The van der Waals surface area contributed by atoms with Gasteiger partial charge in [-0.25, -0.2) is 0 Å². The first-order valence-electron chi connectivity index (χ1n) is 0. The average molecular weight is 133 g/mol. The second-order valence-electron chi connectivity index (χ2n) is 0. The van der Waals surface area contributed by atoms with E-state index in [1.54, 1.807) is 0 Å². The summed E-state index contributed by atoms with van der Waals surface area (Å²) in [5.41, 5.74) is 0. The molecule has 0 amide bonds. The van der Waals surface area contributed by atoms with Crippen molar-refractivity contribution in [2.24, 2.45) is 0 Å². The molecule has 0 N–H and O–H groups in total. The molecular formula is H5Cl2F3. The minimum atomic E-state index is 0. The second kappa shape index (κ2) is 363. The largest absolute Gasteiger partial charge is 0.269 e. The maximum Gasteiger partial charge on any atom is -0.147 e. The Labute approximate surface area is 39.9 Å². The molecule has 0 saturated carbocycles. The van der Waals surface area contributed by atoms with Gasteiger partial charge in [-0.3, -0.25) is 14.1 Å². The van der Waals surface area contributed by atoms with Gasteiger partial charge in [-0.1, -0.05) is 0 Å². The van der Waals surface area contributed by atoms with Gasteiger partial charge in [0.2, 0.25) is 0 Å². The van der Waals surface area contributed by atoms with Crippen LogP contribution in [0.2, 0.25) is 0 Å². The van der Waals surface area contributed by atoms with Gasteiger partial charge in [-0.15, -0.1) is 24.8 Å². The summed E-state index contributed by atoms with van der Waals surface area (Å²) in [4.78, 5) is 0. The number of hydrogen-bond donors (Lipinski definition) is 0. The summed E-state index contributed by atoms with van der Waals surface area (Å²) in [5.74, 6) is 0. The van der Waals surface area contributed by atoms with Crippen molar-refractivity contribution in [1.29, 1.82) is 0 Å². The molecule has 40 valence electrons. The Bertz CT molecular complexity index is 4.85. The summed E-state index contributed by atoms with van der Waals surface area (Å²) in [7, 11) is 0. The van der Waals surface area contributed by atoms with Gasteiger partial charge in [0, 0.05) is 0 Å². The van der Waals surface area contributed by atoms with E-state index in [9.17, 15) is 0 Å². The van der Waals surface area contributed by atoms with E-state index in [0.29, 0.717) is 0 Å². The van der Waals surface area contributed by atoms with Crippen molar-refractivity contribution >= 4 is 24.8 Å². The summed E-state index contributed by atoms with van der Waals surface area (Å²) in [6.45, 7) is 0. The molecular weight excluding hydrogens is 128 g/mol. The van der Waals surface area contributed by atoms with Crippen LogP contribution in [-0.2, 0) is 0 Å². The Morgan fingerprint density at radius 2 is 0.400 bits per heavy atom. The van der Waals surface area contributed by atoms with Gasteiger partial charge in [-0.2, -0.15) is 0 Å². The van der Waals surface area contributed by atoms with Crippen LogP contribution in [-0.4, -0.2) is 0 Å². The van der Waals surface area contributed by atoms with Crippen molar-refractivity contribution in [3.8, 4) is 0 Å². The lowest BCUT2D eigenvalue weighted by Gasteiger charge is -0.270. The van der Waals surface area contributed by atoms with Crippen LogP contribution in [0.1, 0.15) is 0 Å². The topological polar surface area (TPSA) is 0 Å². The summed E-state index contributed by atoms with van der Waals surface area (Å²) < 4.78 is 0. The predicted molar refractivity (Wildman–Crippen MR) is 22.0 cm³/mol. The first-order valence-corrected chi connectivity index (χ1v) is 0. The molecule has 5 heavy (non-hydrogen) atoms. The molecule has 0 rings (SSSR count). The molecule has 0 heterocycles. The molecule has 0 aromatic heterocycles. The number of hydrogen-bond acceptors (Lipinski definition) is 0. The zero-order valence-corrected chi connectivity index (χ0v) is 3.67. The molecule has 0 saturated heterocycles. The van der Waals surface area contributed by atoms with Gasteiger partial charge in [-0.05, 0) is 0 Å². The second-order valence-corrected chi connectivity index (χ2v) is 0. The van der Waals surface area contributed by atoms with Crippen molar-refractivity contribution in [2.45, 2.75) is 0 Å². The Morgan fingerprint density at radius 1 is 0.400 bits per heavy atom. The van der Waals surface area contributed by atoms with E-state index in [1.165, 1.54) is 0 Å². The van der Waals surface area contributed by atoms with Crippen LogP contribution < -0.4 is 0 Å². The fourth-order valence-corrected chi connectivity index (χ4v) is 0. The van der Waals surface area contributed by atoms with Crippen LogP contribution in [0.25, 0.3) is 0 Å². The van der Waals surface area contributed by atoms with Crippen molar-refractivity contribution in [3.63, 3.8) is 0 Å². The van der Waals surface area contributed by atoms with Crippen LogP contribution in [0.3, 0.4) is 0 Å². The van der Waals surface area contributed by atoms with Crippen molar-refractivity contribution in [2.75, 3.05) is 0 Å². The van der Waals surface area contributed by atoms with Gasteiger partial charge in [0.15, 0.2) is 0 Å². The Morgan fingerprint density at radius 3 is 0.400 bits per heavy atom. The molecule has 0 nitrogen and oxygen atoms in total. The fraction of sp³-hybridized carbons (Fsp3) is 0. The molecule has 0 aromatic rings. The number of rotatable bonds is 0. The number of halogens is 5. The normalized spacial score (nSPS) is 0. The summed E-state index contributed by atoms with van der Waals surface area (Å²) >= 11 is 0. The van der Waals surface area contributed by atoms with Crippen LogP contribution in [0.5, 0.6) is 0 Å². The van der Waals surface area contributed by atoms with Crippen molar-refractivity contribution in [1.82, 2.24) is 0 Å². The molecule has 0 aliphatic rings. The molecule has 0 spiro atoms. The molecule has 5 heteroatoms. The summed E-state index contributed by atoms with van der Waals surface area (Å²) in [6, 6.07) is 0. The van der Waals surface area contributed by atoms with Gasteiger partial charge in [0.1, 0.15) is 0 Å². The van der Waals surface area contributed by atoms with E-state index in [0.717, 1.165) is 0 Å². The third-order valence-electron chi connectivity index (χ3n) is 0. The quantitative estimate of drug-likeness (QED) is 0.467.